The number of carbonyl (C=O) groups is 2. The number of esters is 2. The van der Waals surface area contributed by atoms with E-state index in [1.807, 2.05) is 6.92 Å². The van der Waals surface area contributed by atoms with Crippen LogP contribution in [0.15, 0.2) is 47.8 Å². The van der Waals surface area contributed by atoms with Crippen molar-refractivity contribution in [3.8, 4) is 11.5 Å². The first-order valence-corrected chi connectivity index (χ1v) is 7.76. The second-order valence-corrected chi connectivity index (χ2v) is 5.31. The molecule has 7 heteroatoms. The van der Waals surface area contributed by atoms with Gasteiger partial charge in [0, 0.05) is 12.3 Å². The third-order valence-electron chi connectivity index (χ3n) is 3.85. The highest BCUT2D eigenvalue weighted by molar-refractivity contribution is 6.05. The SMILES string of the molecule is COC(=O)C1=C(C(=O)OC)N(c2cc(OC)c(OC)cc2C)C=CC=C1. The topological polar surface area (TPSA) is 74.3 Å². The van der Waals surface area contributed by atoms with Gasteiger partial charge in [-0.1, -0.05) is 6.08 Å². The van der Waals surface area contributed by atoms with Crippen LogP contribution in [0.1, 0.15) is 5.56 Å². The number of allylic oxidation sites excluding steroid dienone is 2. The summed E-state index contributed by atoms with van der Waals surface area (Å²) >= 11 is 0. The Hall–Kier alpha value is -3.22. The first-order chi connectivity index (χ1) is 12.5. The van der Waals surface area contributed by atoms with Crippen LogP contribution in [0.2, 0.25) is 0 Å². The highest BCUT2D eigenvalue weighted by Gasteiger charge is 2.28. The molecular formula is C19H21NO6. The molecule has 0 spiro atoms. The van der Waals surface area contributed by atoms with Crippen LogP contribution < -0.4 is 14.4 Å². The fraction of sp³-hybridized carbons (Fsp3) is 0.263. The molecule has 0 bridgehead atoms. The lowest BCUT2D eigenvalue weighted by molar-refractivity contribution is -0.139. The van der Waals surface area contributed by atoms with E-state index in [0.717, 1.165) is 5.56 Å². The van der Waals surface area contributed by atoms with E-state index in [1.165, 1.54) is 27.4 Å². The van der Waals surface area contributed by atoms with Crippen LogP contribution in [-0.4, -0.2) is 40.4 Å². The Bertz CT molecular complexity index is 806. The first kappa shape index (κ1) is 19.1. The molecule has 1 aromatic carbocycles. The number of hydrogen-bond acceptors (Lipinski definition) is 7. The lowest BCUT2D eigenvalue weighted by Crippen LogP contribution is -2.27. The number of benzene rings is 1. The standard InChI is InChI=1S/C19H21NO6/c1-12-10-15(23-2)16(24-3)11-14(12)20-9-7-6-8-13(18(21)25-4)17(20)19(22)26-5/h6-11H,1-5H3. The van der Waals surface area contributed by atoms with Gasteiger partial charge in [-0.25, -0.2) is 9.59 Å². The Morgan fingerprint density at radius 3 is 2.08 bits per heavy atom. The summed E-state index contributed by atoms with van der Waals surface area (Å²) in [5, 5.41) is 0. The van der Waals surface area contributed by atoms with E-state index in [-0.39, 0.29) is 11.3 Å². The van der Waals surface area contributed by atoms with Crippen molar-refractivity contribution in [1.29, 1.82) is 0 Å². The molecule has 0 saturated carbocycles. The minimum absolute atomic E-state index is 0.0414. The smallest absolute Gasteiger partial charge is 0.355 e. The van der Waals surface area contributed by atoms with Gasteiger partial charge in [-0.3, -0.25) is 0 Å². The quantitative estimate of drug-likeness (QED) is 0.748. The number of methoxy groups -OCH3 is 4. The van der Waals surface area contributed by atoms with Crippen molar-refractivity contribution in [3.63, 3.8) is 0 Å². The summed E-state index contributed by atoms with van der Waals surface area (Å²) in [6.45, 7) is 1.86. The van der Waals surface area contributed by atoms with Gasteiger partial charge in [0.25, 0.3) is 0 Å². The van der Waals surface area contributed by atoms with Gasteiger partial charge in [-0.2, -0.15) is 0 Å². The van der Waals surface area contributed by atoms with Crippen LogP contribution in [0.3, 0.4) is 0 Å². The fourth-order valence-electron chi connectivity index (χ4n) is 2.58. The van der Waals surface area contributed by atoms with Crippen LogP contribution >= 0.6 is 0 Å². The fourth-order valence-corrected chi connectivity index (χ4v) is 2.58. The van der Waals surface area contributed by atoms with Gasteiger partial charge in [0.05, 0.1) is 39.7 Å². The van der Waals surface area contributed by atoms with E-state index in [4.69, 9.17) is 18.9 Å². The van der Waals surface area contributed by atoms with E-state index in [9.17, 15) is 9.59 Å². The van der Waals surface area contributed by atoms with Crippen molar-refractivity contribution < 1.29 is 28.5 Å². The Kier molecular flexibility index (Phi) is 6.06. The van der Waals surface area contributed by atoms with E-state index in [1.54, 1.807) is 42.5 Å². The summed E-state index contributed by atoms with van der Waals surface area (Å²) in [7, 11) is 5.57. The minimum atomic E-state index is -0.671. The normalized spacial score (nSPS) is 13.3. The zero-order chi connectivity index (χ0) is 19.3. The van der Waals surface area contributed by atoms with Gasteiger partial charge in [-0.05, 0) is 30.7 Å². The number of ether oxygens (including phenoxy) is 4. The summed E-state index contributed by atoms with van der Waals surface area (Å²) in [5.41, 5.74) is 1.56. The molecule has 0 fully saturated rings. The summed E-state index contributed by atoms with van der Waals surface area (Å²) < 4.78 is 20.4. The maximum absolute atomic E-state index is 12.5. The number of carbonyl (C=O) groups excluding carboxylic acids is 2. The van der Waals surface area contributed by atoms with Crippen molar-refractivity contribution in [2.45, 2.75) is 6.92 Å². The summed E-state index contributed by atoms with van der Waals surface area (Å²) in [5.74, 6) is -0.269. The zero-order valence-corrected chi connectivity index (χ0v) is 15.4. The average molecular weight is 359 g/mol. The minimum Gasteiger partial charge on any atom is -0.493 e. The predicted molar refractivity (Wildman–Crippen MR) is 96.1 cm³/mol. The van der Waals surface area contributed by atoms with E-state index < -0.39 is 11.9 Å². The highest BCUT2D eigenvalue weighted by atomic mass is 16.5. The monoisotopic (exact) mass is 359 g/mol. The van der Waals surface area contributed by atoms with Crippen LogP contribution in [0.5, 0.6) is 11.5 Å². The van der Waals surface area contributed by atoms with Crippen LogP contribution in [-0.2, 0) is 19.1 Å². The van der Waals surface area contributed by atoms with E-state index in [2.05, 4.69) is 0 Å². The number of anilines is 1. The Morgan fingerprint density at radius 1 is 0.885 bits per heavy atom. The second-order valence-electron chi connectivity index (χ2n) is 5.31. The molecule has 7 nitrogen and oxygen atoms in total. The third kappa shape index (κ3) is 3.56. The lowest BCUT2D eigenvalue weighted by Gasteiger charge is -2.25. The maximum atomic E-state index is 12.5. The van der Waals surface area contributed by atoms with Gasteiger partial charge in [-0.15, -0.1) is 0 Å². The van der Waals surface area contributed by atoms with Crippen molar-refractivity contribution in [3.05, 3.63) is 53.4 Å². The van der Waals surface area contributed by atoms with Crippen molar-refractivity contribution >= 4 is 17.6 Å². The second kappa shape index (κ2) is 8.24. The molecule has 0 amide bonds. The molecule has 0 saturated heterocycles. The molecule has 1 aliphatic heterocycles. The third-order valence-corrected chi connectivity index (χ3v) is 3.85. The van der Waals surface area contributed by atoms with Crippen molar-refractivity contribution in [2.75, 3.05) is 33.3 Å². The predicted octanol–water partition coefficient (Wildman–Crippen LogP) is 2.50. The molecule has 2 rings (SSSR count). The van der Waals surface area contributed by atoms with Crippen LogP contribution in [0.4, 0.5) is 5.69 Å². The van der Waals surface area contributed by atoms with Gasteiger partial charge in [0.2, 0.25) is 0 Å². The molecule has 26 heavy (non-hydrogen) atoms. The molecule has 1 aromatic rings. The molecule has 0 atom stereocenters. The molecule has 0 aliphatic carbocycles. The Morgan fingerprint density at radius 2 is 1.50 bits per heavy atom. The Balaban J connectivity index is 2.73. The van der Waals surface area contributed by atoms with Gasteiger partial charge < -0.3 is 23.8 Å². The molecule has 0 unspecified atom stereocenters. The number of hydrogen-bond donors (Lipinski definition) is 0. The molecule has 0 aromatic heterocycles. The summed E-state index contributed by atoms with van der Waals surface area (Å²) in [4.78, 5) is 26.2. The van der Waals surface area contributed by atoms with Gasteiger partial charge >= 0.3 is 11.9 Å². The summed E-state index contributed by atoms with van der Waals surface area (Å²) in [6.07, 6.45) is 6.51. The number of nitrogens with zero attached hydrogens (tertiary/aromatic N) is 1. The molecular weight excluding hydrogens is 338 g/mol. The molecule has 138 valence electrons. The molecule has 0 radical (unpaired) electrons. The van der Waals surface area contributed by atoms with Crippen molar-refractivity contribution in [1.82, 2.24) is 0 Å². The average Bonchev–Trinajstić information content (AvgIpc) is 2.89. The van der Waals surface area contributed by atoms with Crippen LogP contribution in [0, 0.1) is 6.92 Å². The maximum Gasteiger partial charge on any atom is 0.355 e. The van der Waals surface area contributed by atoms with E-state index >= 15 is 0 Å². The Labute approximate surface area is 152 Å². The largest absolute Gasteiger partial charge is 0.493 e. The highest BCUT2D eigenvalue weighted by Crippen LogP contribution is 2.37. The first-order valence-electron chi connectivity index (χ1n) is 7.76. The van der Waals surface area contributed by atoms with Gasteiger partial charge in [0.15, 0.2) is 11.5 Å². The van der Waals surface area contributed by atoms with E-state index in [0.29, 0.717) is 17.2 Å². The number of aryl methyl sites for hydroxylation is 1. The zero-order valence-electron chi connectivity index (χ0n) is 15.4. The lowest BCUT2D eigenvalue weighted by atomic mass is 10.1. The molecule has 0 N–H and O–H groups in total. The van der Waals surface area contributed by atoms with Gasteiger partial charge in [0.1, 0.15) is 5.70 Å². The molecule has 1 heterocycles. The number of rotatable bonds is 5. The summed E-state index contributed by atoms with van der Waals surface area (Å²) in [6, 6.07) is 3.51. The molecule has 1 aliphatic rings. The van der Waals surface area contributed by atoms with Crippen LogP contribution in [0.25, 0.3) is 0 Å². The van der Waals surface area contributed by atoms with Crippen molar-refractivity contribution in [2.24, 2.45) is 0 Å².